The van der Waals surface area contributed by atoms with E-state index >= 15 is 0 Å². The Morgan fingerprint density at radius 2 is 2.16 bits per heavy atom. The van der Waals surface area contributed by atoms with Gasteiger partial charge in [-0.2, -0.15) is 0 Å². The van der Waals surface area contributed by atoms with E-state index < -0.39 is 0 Å². The van der Waals surface area contributed by atoms with Crippen LogP contribution in [0.25, 0.3) is 4.96 Å². The van der Waals surface area contributed by atoms with Gasteiger partial charge in [-0.3, -0.25) is 4.40 Å². The Bertz CT molecular complexity index is 643. The van der Waals surface area contributed by atoms with Crippen LogP contribution in [0.15, 0.2) is 42.0 Å². The molecule has 0 amide bonds. The zero-order valence-corrected chi connectivity index (χ0v) is 11.3. The molecule has 5 heteroatoms. The number of fused-ring (bicyclic) bond motifs is 1. The monoisotopic (exact) mass is 275 g/mol. The van der Waals surface area contributed by atoms with Gasteiger partial charge in [0.25, 0.3) is 0 Å². The van der Waals surface area contributed by atoms with Crippen LogP contribution in [0.4, 0.5) is 4.39 Å². The first-order valence-corrected chi connectivity index (χ1v) is 7.00. The fraction of sp³-hybridized carbons (Fsp3) is 0.214. The van der Waals surface area contributed by atoms with Crippen LogP contribution in [0.5, 0.6) is 0 Å². The van der Waals surface area contributed by atoms with Gasteiger partial charge in [0.2, 0.25) is 0 Å². The van der Waals surface area contributed by atoms with Crippen molar-refractivity contribution >= 4 is 16.3 Å². The molecule has 3 nitrogen and oxygen atoms in total. The summed E-state index contributed by atoms with van der Waals surface area (Å²) in [4.78, 5) is 5.52. The average Bonchev–Trinajstić information content (AvgIpc) is 2.97. The van der Waals surface area contributed by atoms with Gasteiger partial charge in [0.15, 0.2) is 4.96 Å². The second-order valence-electron chi connectivity index (χ2n) is 4.48. The van der Waals surface area contributed by atoms with E-state index in [9.17, 15) is 4.39 Å². The van der Waals surface area contributed by atoms with Gasteiger partial charge < -0.3 is 5.32 Å². The molecule has 0 aliphatic carbocycles. The molecule has 2 heterocycles. The lowest BCUT2D eigenvalue weighted by Gasteiger charge is -2.13. The summed E-state index contributed by atoms with van der Waals surface area (Å²) in [7, 11) is 0. The number of halogens is 1. The minimum absolute atomic E-state index is 0.167. The molecule has 0 aliphatic rings. The summed E-state index contributed by atoms with van der Waals surface area (Å²) < 4.78 is 14.9. The molecule has 2 aromatic heterocycles. The van der Waals surface area contributed by atoms with Crippen molar-refractivity contribution in [2.45, 2.75) is 19.5 Å². The highest BCUT2D eigenvalue weighted by molar-refractivity contribution is 7.15. The molecule has 0 saturated heterocycles. The summed E-state index contributed by atoms with van der Waals surface area (Å²) >= 11 is 1.62. The number of imidazole rings is 1. The zero-order valence-electron chi connectivity index (χ0n) is 10.5. The van der Waals surface area contributed by atoms with Crippen molar-refractivity contribution in [1.82, 2.24) is 14.7 Å². The fourth-order valence-corrected chi connectivity index (χ4v) is 2.71. The topological polar surface area (TPSA) is 29.3 Å². The first kappa shape index (κ1) is 12.3. The number of rotatable bonds is 4. The maximum Gasteiger partial charge on any atom is 0.193 e. The van der Waals surface area contributed by atoms with Gasteiger partial charge >= 0.3 is 0 Å². The highest BCUT2D eigenvalue weighted by atomic mass is 32.1. The van der Waals surface area contributed by atoms with Crippen molar-refractivity contribution in [2.24, 2.45) is 0 Å². The number of hydrogen-bond donors (Lipinski definition) is 1. The molecule has 0 radical (unpaired) electrons. The maximum atomic E-state index is 12.9. The van der Waals surface area contributed by atoms with Crippen molar-refractivity contribution in [3.63, 3.8) is 0 Å². The van der Waals surface area contributed by atoms with Crippen LogP contribution in [-0.2, 0) is 6.54 Å². The number of thiazole rings is 1. The lowest BCUT2D eigenvalue weighted by Crippen LogP contribution is -2.18. The molecule has 3 rings (SSSR count). The van der Waals surface area contributed by atoms with Crippen LogP contribution in [-0.4, -0.2) is 9.38 Å². The van der Waals surface area contributed by atoms with Crippen molar-refractivity contribution in [2.75, 3.05) is 0 Å². The Balaban J connectivity index is 1.65. The zero-order chi connectivity index (χ0) is 13.2. The van der Waals surface area contributed by atoms with E-state index in [4.69, 9.17) is 0 Å². The van der Waals surface area contributed by atoms with E-state index in [2.05, 4.69) is 17.2 Å². The van der Waals surface area contributed by atoms with Crippen LogP contribution >= 0.6 is 11.3 Å². The summed E-state index contributed by atoms with van der Waals surface area (Å²) in [5, 5.41) is 5.41. The van der Waals surface area contributed by atoms with Crippen LogP contribution in [0.3, 0.4) is 0 Å². The number of nitrogens with one attached hydrogen (secondary N) is 1. The molecule has 0 spiro atoms. The molecule has 0 unspecified atom stereocenters. The minimum atomic E-state index is -0.203. The molecule has 1 atom stereocenters. The minimum Gasteiger partial charge on any atom is -0.305 e. The van der Waals surface area contributed by atoms with Crippen LogP contribution in [0.1, 0.15) is 24.2 Å². The van der Waals surface area contributed by atoms with E-state index in [0.717, 1.165) is 16.2 Å². The van der Waals surface area contributed by atoms with Crippen molar-refractivity contribution in [3.05, 3.63) is 59.1 Å². The molecule has 0 fully saturated rings. The van der Waals surface area contributed by atoms with E-state index in [1.165, 1.54) is 12.1 Å². The van der Waals surface area contributed by atoms with Gasteiger partial charge in [0.05, 0.1) is 5.69 Å². The fourth-order valence-electron chi connectivity index (χ4n) is 1.99. The number of aromatic nitrogens is 2. The molecule has 98 valence electrons. The molecule has 1 N–H and O–H groups in total. The quantitative estimate of drug-likeness (QED) is 0.791. The Labute approximate surface area is 114 Å². The molecule has 19 heavy (non-hydrogen) atoms. The lowest BCUT2D eigenvalue weighted by molar-refractivity contribution is 0.566. The smallest absolute Gasteiger partial charge is 0.193 e. The van der Waals surface area contributed by atoms with Gasteiger partial charge in [-0.05, 0) is 24.6 Å². The molecule has 0 bridgehead atoms. The van der Waals surface area contributed by atoms with E-state index in [1.54, 1.807) is 23.5 Å². The Morgan fingerprint density at radius 1 is 1.37 bits per heavy atom. The summed E-state index contributed by atoms with van der Waals surface area (Å²) in [5.74, 6) is -0.203. The summed E-state index contributed by atoms with van der Waals surface area (Å²) in [6.45, 7) is 2.76. The highest BCUT2D eigenvalue weighted by Gasteiger charge is 2.07. The molecule has 3 aromatic rings. The first-order chi connectivity index (χ1) is 9.22. The molecule has 1 aromatic carbocycles. The Morgan fingerprint density at radius 3 is 2.89 bits per heavy atom. The maximum absolute atomic E-state index is 12.9. The van der Waals surface area contributed by atoms with Crippen molar-refractivity contribution in [1.29, 1.82) is 0 Å². The van der Waals surface area contributed by atoms with Crippen molar-refractivity contribution < 1.29 is 4.39 Å². The number of hydrogen-bond acceptors (Lipinski definition) is 3. The second-order valence-corrected chi connectivity index (χ2v) is 5.35. The van der Waals surface area contributed by atoms with Gasteiger partial charge in [-0.1, -0.05) is 12.1 Å². The van der Waals surface area contributed by atoms with Gasteiger partial charge in [-0.25, -0.2) is 9.37 Å². The van der Waals surface area contributed by atoms with Crippen LogP contribution in [0, 0.1) is 5.82 Å². The van der Waals surface area contributed by atoms with E-state index in [1.807, 2.05) is 22.2 Å². The SMILES string of the molecule is C[C@@H](NCc1cn2ccsc2n1)c1ccc(F)cc1. The van der Waals surface area contributed by atoms with Crippen LogP contribution < -0.4 is 5.32 Å². The van der Waals surface area contributed by atoms with Gasteiger partial charge in [0.1, 0.15) is 5.82 Å². The number of nitrogens with zero attached hydrogens (tertiary/aromatic N) is 2. The molecular weight excluding hydrogens is 261 g/mol. The van der Waals surface area contributed by atoms with Gasteiger partial charge in [0, 0.05) is 30.4 Å². The van der Waals surface area contributed by atoms with Crippen LogP contribution in [0.2, 0.25) is 0 Å². The largest absolute Gasteiger partial charge is 0.305 e. The molecular formula is C14H14FN3S. The second kappa shape index (κ2) is 5.11. The molecule has 0 saturated carbocycles. The summed E-state index contributed by atoms with van der Waals surface area (Å²) in [6, 6.07) is 6.75. The normalized spacial score (nSPS) is 12.9. The first-order valence-electron chi connectivity index (χ1n) is 6.12. The molecule has 0 aliphatic heterocycles. The Hall–Kier alpha value is -1.72. The van der Waals surface area contributed by atoms with Gasteiger partial charge in [-0.15, -0.1) is 11.3 Å². The third-order valence-electron chi connectivity index (χ3n) is 3.10. The summed E-state index contributed by atoms with van der Waals surface area (Å²) in [5.41, 5.74) is 2.09. The standard InChI is InChI=1S/C14H14FN3S/c1-10(11-2-4-12(15)5-3-11)16-8-13-9-18-6-7-19-14(18)17-13/h2-7,9-10,16H,8H2,1H3/t10-/m1/s1. The number of benzene rings is 1. The average molecular weight is 275 g/mol. The summed E-state index contributed by atoms with van der Waals surface area (Å²) in [6.07, 6.45) is 4.02. The van der Waals surface area contributed by atoms with E-state index in [0.29, 0.717) is 6.54 Å². The third kappa shape index (κ3) is 2.67. The third-order valence-corrected chi connectivity index (χ3v) is 3.87. The predicted octanol–water partition coefficient (Wildman–Crippen LogP) is 3.39. The van der Waals surface area contributed by atoms with E-state index in [-0.39, 0.29) is 11.9 Å². The highest BCUT2D eigenvalue weighted by Crippen LogP contribution is 2.15. The Kier molecular flexibility index (Phi) is 3.31. The lowest BCUT2D eigenvalue weighted by atomic mass is 10.1. The van der Waals surface area contributed by atoms with Crippen molar-refractivity contribution in [3.8, 4) is 0 Å². The predicted molar refractivity (Wildman–Crippen MR) is 74.7 cm³/mol.